The zero-order valence-electron chi connectivity index (χ0n) is 18.1. The SMILES string of the molecule is Cc1ccc(NC(=O)c2cccc(OC(F)(F)F)c2)cc1-c1nc2n[nH]c(N)c2c2c1CCC2. The van der Waals surface area contributed by atoms with Gasteiger partial charge in [0.2, 0.25) is 0 Å². The molecule has 10 heteroatoms. The summed E-state index contributed by atoms with van der Waals surface area (Å²) in [6, 6.07) is 10.3. The molecule has 0 radical (unpaired) electrons. The molecule has 0 spiro atoms. The highest BCUT2D eigenvalue weighted by atomic mass is 19.4. The van der Waals surface area contributed by atoms with Crippen molar-refractivity contribution in [1.29, 1.82) is 0 Å². The molecule has 1 amide bonds. The van der Waals surface area contributed by atoms with Crippen LogP contribution in [0.25, 0.3) is 22.3 Å². The summed E-state index contributed by atoms with van der Waals surface area (Å²) in [6.07, 6.45) is -2.11. The number of aromatic amines is 1. The van der Waals surface area contributed by atoms with E-state index in [1.807, 2.05) is 19.1 Å². The molecule has 0 bridgehead atoms. The molecule has 7 nitrogen and oxygen atoms in total. The second-order valence-corrected chi connectivity index (χ2v) is 8.17. The number of anilines is 2. The molecule has 0 atom stereocenters. The van der Waals surface area contributed by atoms with Crippen LogP contribution in [0.4, 0.5) is 24.7 Å². The molecule has 4 N–H and O–H groups in total. The van der Waals surface area contributed by atoms with Gasteiger partial charge in [0, 0.05) is 16.8 Å². The number of rotatable bonds is 4. The molecule has 34 heavy (non-hydrogen) atoms. The van der Waals surface area contributed by atoms with Crippen molar-refractivity contribution >= 4 is 28.4 Å². The highest BCUT2D eigenvalue weighted by Crippen LogP contribution is 2.39. The summed E-state index contributed by atoms with van der Waals surface area (Å²) in [4.78, 5) is 17.5. The third kappa shape index (κ3) is 4.02. The smallest absolute Gasteiger partial charge is 0.406 e. The minimum atomic E-state index is -4.84. The molecule has 0 unspecified atom stereocenters. The lowest BCUT2D eigenvalue weighted by atomic mass is 9.97. The van der Waals surface area contributed by atoms with Crippen LogP contribution in [-0.2, 0) is 12.8 Å². The Balaban J connectivity index is 1.48. The first-order chi connectivity index (χ1) is 16.2. The number of hydrogen-bond acceptors (Lipinski definition) is 5. The first-order valence-corrected chi connectivity index (χ1v) is 10.6. The van der Waals surface area contributed by atoms with Crippen molar-refractivity contribution in [1.82, 2.24) is 15.2 Å². The van der Waals surface area contributed by atoms with Crippen LogP contribution in [-0.4, -0.2) is 27.5 Å². The molecule has 5 rings (SSSR count). The van der Waals surface area contributed by atoms with Gasteiger partial charge in [-0.1, -0.05) is 12.1 Å². The lowest BCUT2D eigenvalue weighted by Crippen LogP contribution is -2.18. The molecular weight excluding hydrogens is 447 g/mol. The standard InChI is InChI=1S/C24H20F3N5O2/c1-12-8-9-14(29-23(33)13-4-2-5-15(10-13)34-24(25,26)27)11-18(12)20-17-7-3-6-16(17)19-21(28)31-32-22(19)30-20/h2,4-5,8-11H,3,6-7H2,1H3,(H,29,33)(H3,28,30,31,32). The minimum Gasteiger partial charge on any atom is -0.406 e. The predicted molar refractivity (Wildman–Crippen MR) is 122 cm³/mol. The van der Waals surface area contributed by atoms with Crippen molar-refractivity contribution in [2.45, 2.75) is 32.5 Å². The van der Waals surface area contributed by atoms with E-state index in [0.29, 0.717) is 17.2 Å². The number of halogens is 3. The van der Waals surface area contributed by atoms with Crippen LogP contribution in [0, 0.1) is 6.92 Å². The van der Waals surface area contributed by atoms with Crippen LogP contribution in [0.1, 0.15) is 33.5 Å². The number of benzene rings is 2. The van der Waals surface area contributed by atoms with Gasteiger partial charge in [-0.25, -0.2) is 4.98 Å². The number of H-pyrrole nitrogens is 1. The van der Waals surface area contributed by atoms with E-state index in [1.165, 1.54) is 12.1 Å². The van der Waals surface area contributed by atoms with E-state index in [2.05, 4.69) is 20.3 Å². The number of ether oxygens (including phenoxy) is 1. The number of aryl methyl sites for hydroxylation is 2. The first kappa shape index (κ1) is 21.7. The maximum absolute atomic E-state index is 12.7. The molecule has 2 aromatic carbocycles. The van der Waals surface area contributed by atoms with Crippen LogP contribution in [0.2, 0.25) is 0 Å². The third-order valence-electron chi connectivity index (χ3n) is 5.88. The number of hydrogen-bond donors (Lipinski definition) is 3. The Hall–Kier alpha value is -4.08. The maximum Gasteiger partial charge on any atom is 0.573 e. The summed E-state index contributed by atoms with van der Waals surface area (Å²) in [6.45, 7) is 1.95. The topological polar surface area (TPSA) is 106 Å². The molecule has 0 fully saturated rings. The van der Waals surface area contributed by atoms with E-state index in [1.54, 1.807) is 6.07 Å². The second-order valence-electron chi connectivity index (χ2n) is 8.17. The Labute approximate surface area is 192 Å². The van der Waals surface area contributed by atoms with Crippen molar-refractivity contribution in [2.75, 3.05) is 11.1 Å². The molecule has 0 saturated heterocycles. The van der Waals surface area contributed by atoms with Crippen molar-refractivity contribution in [3.63, 3.8) is 0 Å². The van der Waals surface area contributed by atoms with Gasteiger partial charge < -0.3 is 15.8 Å². The second kappa shape index (κ2) is 8.05. The van der Waals surface area contributed by atoms with Gasteiger partial charge in [0.1, 0.15) is 11.6 Å². The first-order valence-electron chi connectivity index (χ1n) is 10.6. The van der Waals surface area contributed by atoms with Crippen molar-refractivity contribution < 1.29 is 22.7 Å². The van der Waals surface area contributed by atoms with Gasteiger partial charge in [-0.3, -0.25) is 9.89 Å². The van der Waals surface area contributed by atoms with Gasteiger partial charge in [0.25, 0.3) is 5.91 Å². The average molecular weight is 467 g/mol. The number of nitrogens with zero attached hydrogens (tertiary/aromatic N) is 2. The minimum absolute atomic E-state index is 0.0382. The summed E-state index contributed by atoms with van der Waals surface area (Å²) in [5, 5.41) is 10.6. The van der Waals surface area contributed by atoms with Crippen LogP contribution in [0.5, 0.6) is 5.75 Å². The van der Waals surface area contributed by atoms with E-state index in [0.717, 1.165) is 64.7 Å². The van der Waals surface area contributed by atoms with E-state index in [-0.39, 0.29) is 5.56 Å². The Bertz CT molecular complexity index is 1430. The van der Waals surface area contributed by atoms with Gasteiger partial charge in [-0.15, -0.1) is 13.2 Å². The lowest BCUT2D eigenvalue weighted by molar-refractivity contribution is -0.274. The van der Waals surface area contributed by atoms with Gasteiger partial charge >= 0.3 is 6.36 Å². The van der Waals surface area contributed by atoms with E-state index in [9.17, 15) is 18.0 Å². The summed E-state index contributed by atoms with van der Waals surface area (Å²) in [5.41, 5.74) is 12.0. The normalized spacial score (nSPS) is 13.2. The lowest BCUT2D eigenvalue weighted by Gasteiger charge is -2.14. The number of aromatic nitrogens is 3. The molecule has 2 aromatic heterocycles. The van der Waals surface area contributed by atoms with E-state index in [4.69, 9.17) is 10.7 Å². The van der Waals surface area contributed by atoms with E-state index < -0.39 is 18.0 Å². The Kier molecular flexibility index (Phi) is 5.15. The zero-order valence-corrected chi connectivity index (χ0v) is 18.1. The van der Waals surface area contributed by atoms with Crippen LogP contribution >= 0.6 is 0 Å². The molecule has 4 aromatic rings. The van der Waals surface area contributed by atoms with Gasteiger partial charge in [0.15, 0.2) is 5.65 Å². The molecular formula is C24H20F3N5O2. The van der Waals surface area contributed by atoms with Gasteiger partial charge in [0.05, 0.1) is 11.1 Å². The highest BCUT2D eigenvalue weighted by Gasteiger charge is 2.31. The van der Waals surface area contributed by atoms with Crippen molar-refractivity contribution in [3.05, 3.63) is 64.7 Å². The third-order valence-corrected chi connectivity index (χ3v) is 5.88. The number of pyridine rings is 1. The van der Waals surface area contributed by atoms with Crippen molar-refractivity contribution in [2.24, 2.45) is 0 Å². The van der Waals surface area contributed by atoms with Gasteiger partial charge in [-0.05, 0) is 73.2 Å². The number of carbonyl (C=O) groups is 1. The number of alkyl halides is 3. The summed E-state index contributed by atoms with van der Waals surface area (Å²) >= 11 is 0. The Morgan fingerprint density at radius 1 is 1.15 bits per heavy atom. The molecule has 1 aliphatic carbocycles. The number of carbonyl (C=O) groups excluding carboxylic acids is 1. The number of nitrogens with two attached hydrogens (primary N) is 1. The fourth-order valence-electron chi connectivity index (χ4n) is 4.39. The van der Waals surface area contributed by atoms with Crippen LogP contribution < -0.4 is 15.8 Å². The Morgan fingerprint density at radius 3 is 2.74 bits per heavy atom. The Morgan fingerprint density at radius 2 is 1.94 bits per heavy atom. The zero-order chi connectivity index (χ0) is 24.0. The fourth-order valence-corrected chi connectivity index (χ4v) is 4.39. The highest BCUT2D eigenvalue weighted by molar-refractivity contribution is 6.05. The monoisotopic (exact) mass is 467 g/mol. The molecule has 0 saturated carbocycles. The summed E-state index contributed by atoms with van der Waals surface area (Å²) < 4.78 is 41.5. The molecule has 0 aliphatic heterocycles. The summed E-state index contributed by atoms with van der Waals surface area (Å²) in [7, 11) is 0. The molecule has 2 heterocycles. The fraction of sp³-hybridized carbons (Fsp3) is 0.208. The van der Waals surface area contributed by atoms with Gasteiger partial charge in [-0.2, -0.15) is 5.10 Å². The number of amides is 1. The van der Waals surface area contributed by atoms with Crippen LogP contribution in [0.15, 0.2) is 42.5 Å². The maximum atomic E-state index is 12.7. The van der Waals surface area contributed by atoms with Crippen LogP contribution in [0.3, 0.4) is 0 Å². The molecule has 1 aliphatic rings. The molecule has 174 valence electrons. The predicted octanol–water partition coefficient (Wildman–Crippen LogP) is 5.16. The summed E-state index contributed by atoms with van der Waals surface area (Å²) in [5.74, 6) is -0.520. The largest absolute Gasteiger partial charge is 0.573 e. The van der Waals surface area contributed by atoms with E-state index >= 15 is 0 Å². The quantitative estimate of drug-likeness (QED) is 0.385. The number of nitrogens with one attached hydrogen (secondary N) is 2. The number of fused-ring (bicyclic) bond motifs is 3. The number of nitrogen functional groups attached to an aromatic ring is 1. The van der Waals surface area contributed by atoms with Crippen molar-refractivity contribution in [3.8, 4) is 17.0 Å². The average Bonchev–Trinajstić information content (AvgIpc) is 3.40.